The van der Waals surface area contributed by atoms with E-state index in [1.807, 2.05) is 18.2 Å². The number of benzene rings is 2. The third kappa shape index (κ3) is 3.40. The number of hydrogen-bond acceptors (Lipinski definition) is 4. The number of rotatable bonds is 4. The molecular weight excluding hydrogens is 376 g/mol. The lowest BCUT2D eigenvalue weighted by Crippen LogP contribution is -2.49. The molecule has 1 saturated heterocycles. The predicted molar refractivity (Wildman–Crippen MR) is 105 cm³/mol. The van der Waals surface area contributed by atoms with Gasteiger partial charge in [-0.2, -0.15) is 4.31 Å². The van der Waals surface area contributed by atoms with Crippen molar-refractivity contribution in [3.63, 3.8) is 0 Å². The van der Waals surface area contributed by atoms with Crippen LogP contribution in [0.15, 0.2) is 53.4 Å². The molecule has 4 rings (SSSR count). The average Bonchev–Trinajstić information content (AvgIpc) is 3.24. The van der Waals surface area contributed by atoms with E-state index in [0.29, 0.717) is 32.5 Å². The fourth-order valence-corrected chi connectivity index (χ4v) is 5.73. The Bertz CT molecular complexity index is 975. The predicted octanol–water partition coefficient (Wildman–Crippen LogP) is 2.43. The summed E-state index contributed by atoms with van der Waals surface area (Å²) in [5, 5.41) is 0. The highest BCUT2D eigenvalue weighted by Crippen LogP contribution is 2.30. The molecule has 2 aliphatic heterocycles. The number of amides is 1. The van der Waals surface area contributed by atoms with Crippen LogP contribution in [0.4, 0.5) is 0 Å². The van der Waals surface area contributed by atoms with Crippen LogP contribution in [0.1, 0.15) is 24.0 Å². The van der Waals surface area contributed by atoms with Gasteiger partial charge in [0.05, 0.1) is 12.0 Å². The molecule has 0 aliphatic carbocycles. The highest BCUT2D eigenvalue weighted by molar-refractivity contribution is 7.89. The molecule has 1 fully saturated rings. The highest BCUT2D eigenvalue weighted by Gasteiger charge is 2.41. The Morgan fingerprint density at radius 2 is 1.86 bits per heavy atom. The Balaban J connectivity index is 1.56. The quantitative estimate of drug-likeness (QED) is 0.791. The standard InChI is InChI=1S/C21H24N2O4S/c1-27-18-10-9-16-11-13-22(15-17(16)14-18)21(24)20-8-5-12-23(20)28(25,26)19-6-3-2-4-7-19/h2-4,6-7,9-10,14,20H,5,8,11-13,15H2,1H3. The maximum absolute atomic E-state index is 13.2. The lowest BCUT2D eigenvalue weighted by molar-refractivity contribution is -0.135. The summed E-state index contributed by atoms with van der Waals surface area (Å²) in [7, 11) is -2.05. The average molecular weight is 401 g/mol. The molecule has 2 heterocycles. The number of ether oxygens (including phenoxy) is 1. The number of hydrogen-bond donors (Lipinski definition) is 0. The summed E-state index contributed by atoms with van der Waals surface area (Å²) in [6.45, 7) is 1.47. The zero-order valence-corrected chi connectivity index (χ0v) is 16.7. The summed E-state index contributed by atoms with van der Waals surface area (Å²) >= 11 is 0. The molecule has 0 saturated carbocycles. The molecule has 0 N–H and O–H groups in total. The molecule has 6 nitrogen and oxygen atoms in total. The molecule has 2 aromatic carbocycles. The van der Waals surface area contributed by atoms with Crippen molar-refractivity contribution >= 4 is 15.9 Å². The van der Waals surface area contributed by atoms with Crippen molar-refractivity contribution in [2.24, 2.45) is 0 Å². The van der Waals surface area contributed by atoms with Gasteiger partial charge in [0.25, 0.3) is 0 Å². The number of carbonyl (C=O) groups excluding carboxylic acids is 1. The van der Waals surface area contributed by atoms with Crippen LogP contribution < -0.4 is 4.74 Å². The Hall–Kier alpha value is -2.38. The summed E-state index contributed by atoms with van der Waals surface area (Å²) in [4.78, 5) is 15.3. The Morgan fingerprint density at radius 3 is 2.61 bits per heavy atom. The van der Waals surface area contributed by atoms with Crippen molar-refractivity contribution in [1.82, 2.24) is 9.21 Å². The zero-order valence-electron chi connectivity index (χ0n) is 15.9. The van der Waals surface area contributed by atoms with Gasteiger partial charge < -0.3 is 9.64 Å². The lowest BCUT2D eigenvalue weighted by atomic mass is 9.98. The molecule has 1 unspecified atom stereocenters. The molecule has 28 heavy (non-hydrogen) atoms. The molecule has 0 spiro atoms. The van der Waals surface area contributed by atoms with Gasteiger partial charge in [0.15, 0.2) is 0 Å². The first-order valence-electron chi connectivity index (χ1n) is 9.52. The van der Waals surface area contributed by atoms with Gasteiger partial charge in [-0.1, -0.05) is 24.3 Å². The Kier molecular flexibility index (Phi) is 5.12. The molecular formula is C21H24N2O4S. The summed E-state index contributed by atoms with van der Waals surface area (Å²) in [5.74, 6) is 0.660. The summed E-state index contributed by atoms with van der Waals surface area (Å²) < 4.78 is 32.8. The Labute approximate surface area is 165 Å². The molecule has 0 aromatic heterocycles. The van der Waals surface area contributed by atoms with Gasteiger partial charge in [0.2, 0.25) is 15.9 Å². The van der Waals surface area contributed by atoms with Crippen LogP contribution in [0.25, 0.3) is 0 Å². The summed E-state index contributed by atoms with van der Waals surface area (Å²) in [6, 6.07) is 13.7. The van der Waals surface area contributed by atoms with Gasteiger partial charge in [-0.25, -0.2) is 8.42 Å². The third-order valence-electron chi connectivity index (χ3n) is 5.58. The minimum atomic E-state index is -3.68. The maximum atomic E-state index is 13.2. The van der Waals surface area contributed by atoms with E-state index in [9.17, 15) is 13.2 Å². The first kappa shape index (κ1) is 19.0. The van der Waals surface area contributed by atoms with Gasteiger partial charge >= 0.3 is 0 Å². The minimum Gasteiger partial charge on any atom is -0.497 e. The number of sulfonamides is 1. The first-order chi connectivity index (χ1) is 13.5. The first-order valence-corrected chi connectivity index (χ1v) is 11.0. The van der Waals surface area contributed by atoms with E-state index in [2.05, 4.69) is 0 Å². The van der Waals surface area contributed by atoms with Crippen molar-refractivity contribution in [2.45, 2.75) is 36.7 Å². The highest BCUT2D eigenvalue weighted by atomic mass is 32.2. The van der Waals surface area contributed by atoms with Crippen LogP contribution in [0, 0.1) is 0 Å². The Morgan fingerprint density at radius 1 is 1.07 bits per heavy atom. The van der Waals surface area contributed by atoms with Crippen LogP contribution in [0.3, 0.4) is 0 Å². The van der Waals surface area contributed by atoms with Crippen LogP contribution in [0.2, 0.25) is 0 Å². The van der Waals surface area contributed by atoms with Gasteiger partial charge in [-0.3, -0.25) is 4.79 Å². The summed E-state index contributed by atoms with van der Waals surface area (Å²) in [6.07, 6.45) is 2.02. The van der Waals surface area contributed by atoms with Gasteiger partial charge in [-0.15, -0.1) is 0 Å². The topological polar surface area (TPSA) is 66.9 Å². The van der Waals surface area contributed by atoms with E-state index in [1.165, 1.54) is 9.87 Å². The molecule has 2 aromatic rings. The third-order valence-corrected chi connectivity index (χ3v) is 7.50. The fraction of sp³-hybridized carbons (Fsp3) is 0.381. The van der Waals surface area contributed by atoms with Gasteiger partial charge in [-0.05, 0) is 54.7 Å². The van der Waals surface area contributed by atoms with Crippen LogP contribution >= 0.6 is 0 Å². The largest absolute Gasteiger partial charge is 0.497 e. The van der Waals surface area contributed by atoms with Crippen molar-refractivity contribution < 1.29 is 17.9 Å². The summed E-state index contributed by atoms with van der Waals surface area (Å²) in [5.41, 5.74) is 2.28. The monoisotopic (exact) mass is 400 g/mol. The van der Waals surface area contributed by atoms with Crippen molar-refractivity contribution in [3.8, 4) is 5.75 Å². The SMILES string of the molecule is COc1ccc2c(c1)CN(C(=O)C1CCCN1S(=O)(=O)c1ccccc1)CC2. The second kappa shape index (κ2) is 7.56. The van der Waals surface area contributed by atoms with Crippen LogP contribution in [0.5, 0.6) is 5.75 Å². The van der Waals surface area contributed by atoms with E-state index < -0.39 is 16.1 Å². The number of fused-ring (bicyclic) bond motifs is 1. The normalized spacial score (nSPS) is 20.0. The van der Waals surface area contributed by atoms with E-state index in [4.69, 9.17) is 4.74 Å². The van der Waals surface area contributed by atoms with E-state index in [1.54, 1.807) is 42.3 Å². The number of methoxy groups -OCH3 is 1. The fourth-order valence-electron chi connectivity index (χ4n) is 4.06. The molecule has 1 amide bonds. The molecule has 0 bridgehead atoms. The maximum Gasteiger partial charge on any atom is 0.243 e. The lowest BCUT2D eigenvalue weighted by Gasteiger charge is -2.33. The zero-order chi connectivity index (χ0) is 19.7. The van der Waals surface area contributed by atoms with Gasteiger partial charge in [0.1, 0.15) is 11.8 Å². The van der Waals surface area contributed by atoms with Crippen LogP contribution in [-0.4, -0.2) is 49.8 Å². The number of nitrogens with zero attached hydrogens (tertiary/aromatic N) is 2. The number of carbonyl (C=O) groups is 1. The van der Waals surface area contributed by atoms with Crippen LogP contribution in [-0.2, 0) is 27.8 Å². The second-order valence-corrected chi connectivity index (χ2v) is 9.12. The molecule has 148 valence electrons. The van der Waals surface area contributed by atoms with E-state index >= 15 is 0 Å². The van der Waals surface area contributed by atoms with Crippen molar-refractivity contribution in [2.75, 3.05) is 20.2 Å². The second-order valence-electron chi connectivity index (χ2n) is 7.23. The van der Waals surface area contributed by atoms with Gasteiger partial charge in [0, 0.05) is 19.6 Å². The smallest absolute Gasteiger partial charge is 0.243 e. The van der Waals surface area contributed by atoms with Crippen molar-refractivity contribution in [1.29, 1.82) is 0 Å². The molecule has 1 atom stereocenters. The molecule has 2 aliphatic rings. The molecule has 0 radical (unpaired) electrons. The van der Waals surface area contributed by atoms with Crippen molar-refractivity contribution in [3.05, 3.63) is 59.7 Å². The van der Waals surface area contributed by atoms with E-state index in [0.717, 1.165) is 17.7 Å². The molecule has 7 heteroatoms. The minimum absolute atomic E-state index is 0.106. The van der Waals surface area contributed by atoms with E-state index in [-0.39, 0.29) is 10.8 Å².